The Morgan fingerprint density at radius 1 is 1.22 bits per heavy atom. The fourth-order valence-corrected chi connectivity index (χ4v) is 3.90. The zero-order valence-electron chi connectivity index (χ0n) is 13.5. The van der Waals surface area contributed by atoms with Gasteiger partial charge in [0.25, 0.3) is 0 Å². The Morgan fingerprint density at radius 2 is 1.87 bits per heavy atom. The number of aliphatic hydroxyl groups is 1. The van der Waals surface area contributed by atoms with Gasteiger partial charge >= 0.3 is 11.8 Å². The van der Waals surface area contributed by atoms with Crippen LogP contribution in [0.4, 0.5) is 5.69 Å². The molecule has 0 spiro atoms. The fraction of sp³-hybridized carbons (Fsp3) is 0.556. The van der Waals surface area contributed by atoms with Gasteiger partial charge in [0.1, 0.15) is 0 Å². The molecular weight excluding hydrogens is 292 g/mol. The number of amides is 2. The van der Waals surface area contributed by atoms with Gasteiger partial charge in [-0.25, -0.2) is 0 Å². The van der Waals surface area contributed by atoms with Crippen molar-refractivity contribution in [3.05, 3.63) is 29.8 Å². The first-order chi connectivity index (χ1) is 11.1. The van der Waals surface area contributed by atoms with Crippen molar-refractivity contribution in [2.75, 3.05) is 5.32 Å². The first-order valence-electron chi connectivity index (χ1n) is 8.49. The smallest absolute Gasteiger partial charge is 0.313 e. The van der Waals surface area contributed by atoms with Gasteiger partial charge in [0.15, 0.2) is 0 Å². The number of aryl methyl sites for hydroxylation is 1. The molecule has 2 aliphatic heterocycles. The van der Waals surface area contributed by atoms with Gasteiger partial charge in [-0.1, -0.05) is 31.5 Å². The maximum Gasteiger partial charge on any atom is 0.313 e. The molecule has 0 aromatic heterocycles. The Bertz CT molecular complexity index is 588. The number of rotatable bonds is 3. The molecule has 2 saturated heterocycles. The van der Waals surface area contributed by atoms with Crippen molar-refractivity contribution in [3.8, 4) is 0 Å². The van der Waals surface area contributed by atoms with Gasteiger partial charge in [-0.3, -0.25) is 9.59 Å². The van der Waals surface area contributed by atoms with E-state index in [2.05, 4.69) is 12.2 Å². The third-order valence-electron chi connectivity index (χ3n) is 4.92. The molecule has 0 saturated carbocycles. The van der Waals surface area contributed by atoms with E-state index in [0.717, 1.165) is 36.9 Å². The quantitative estimate of drug-likeness (QED) is 0.839. The molecule has 2 N–H and O–H groups in total. The monoisotopic (exact) mass is 316 g/mol. The first kappa shape index (κ1) is 16.0. The highest BCUT2D eigenvalue weighted by Crippen LogP contribution is 2.35. The summed E-state index contributed by atoms with van der Waals surface area (Å²) < 4.78 is 0. The van der Waals surface area contributed by atoms with E-state index in [4.69, 9.17) is 0 Å². The van der Waals surface area contributed by atoms with Crippen molar-refractivity contribution in [3.63, 3.8) is 0 Å². The van der Waals surface area contributed by atoms with Gasteiger partial charge in [0.2, 0.25) is 0 Å². The predicted octanol–water partition coefficient (Wildman–Crippen LogP) is 2.09. The van der Waals surface area contributed by atoms with Crippen LogP contribution in [0.2, 0.25) is 0 Å². The van der Waals surface area contributed by atoms with Crippen molar-refractivity contribution < 1.29 is 14.7 Å². The number of nitrogens with zero attached hydrogens (tertiary/aromatic N) is 1. The van der Waals surface area contributed by atoms with Gasteiger partial charge in [-0.15, -0.1) is 0 Å². The lowest BCUT2D eigenvalue weighted by Gasteiger charge is -2.36. The highest BCUT2D eigenvalue weighted by Gasteiger charge is 2.44. The average molecular weight is 316 g/mol. The minimum atomic E-state index is -0.568. The number of para-hydroxylation sites is 1. The zero-order chi connectivity index (χ0) is 16.4. The largest absolute Gasteiger partial charge is 0.393 e. The first-order valence-corrected chi connectivity index (χ1v) is 8.49. The molecule has 2 bridgehead atoms. The second-order valence-corrected chi connectivity index (χ2v) is 6.58. The highest BCUT2D eigenvalue weighted by atomic mass is 16.3. The van der Waals surface area contributed by atoms with Crippen LogP contribution < -0.4 is 5.32 Å². The number of benzene rings is 1. The molecule has 124 valence electrons. The molecule has 1 aromatic rings. The third kappa shape index (κ3) is 3.24. The van der Waals surface area contributed by atoms with Crippen LogP contribution in [-0.2, 0) is 16.0 Å². The van der Waals surface area contributed by atoms with Crippen LogP contribution in [0.5, 0.6) is 0 Å². The topological polar surface area (TPSA) is 69.6 Å². The zero-order valence-corrected chi connectivity index (χ0v) is 13.5. The van der Waals surface area contributed by atoms with Crippen LogP contribution in [0.15, 0.2) is 24.3 Å². The molecule has 2 heterocycles. The molecule has 0 aliphatic carbocycles. The van der Waals surface area contributed by atoms with Gasteiger partial charge in [-0.2, -0.15) is 0 Å². The minimum absolute atomic E-state index is 0.00730. The number of carbonyl (C=O) groups excluding carboxylic acids is 2. The number of aliphatic hydroxyl groups excluding tert-OH is 1. The van der Waals surface area contributed by atoms with Crippen LogP contribution in [-0.4, -0.2) is 40.0 Å². The fourth-order valence-electron chi connectivity index (χ4n) is 3.90. The van der Waals surface area contributed by atoms with Gasteiger partial charge < -0.3 is 15.3 Å². The lowest BCUT2D eigenvalue weighted by molar-refractivity contribution is -0.147. The molecule has 5 nitrogen and oxygen atoms in total. The summed E-state index contributed by atoms with van der Waals surface area (Å²) in [7, 11) is 0. The second-order valence-electron chi connectivity index (χ2n) is 6.58. The number of anilines is 1. The number of piperidine rings is 1. The summed E-state index contributed by atoms with van der Waals surface area (Å²) in [6.45, 7) is 2.08. The summed E-state index contributed by atoms with van der Waals surface area (Å²) >= 11 is 0. The van der Waals surface area contributed by atoms with Crippen molar-refractivity contribution >= 4 is 17.5 Å². The van der Waals surface area contributed by atoms with Crippen molar-refractivity contribution in [1.29, 1.82) is 0 Å². The van der Waals surface area contributed by atoms with Crippen LogP contribution in [0, 0.1) is 0 Å². The highest BCUT2D eigenvalue weighted by molar-refractivity contribution is 6.39. The SMILES string of the molecule is CCCc1ccccc1NC(=O)C(=O)N1C2CCC1CC(O)C2. The molecule has 0 radical (unpaired) electrons. The predicted molar refractivity (Wildman–Crippen MR) is 88.0 cm³/mol. The Balaban J connectivity index is 1.70. The van der Waals surface area contributed by atoms with Crippen molar-refractivity contribution in [1.82, 2.24) is 4.90 Å². The number of hydrogen-bond donors (Lipinski definition) is 2. The Kier molecular flexibility index (Phi) is 4.66. The Labute approximate surface area is 136 Å². The summed E-state index contributed by atoms with van der Waals surface area (Å²) in [6, 6.07) is 7.63. The van der Waals surface area contributed by atoms with E-state index < -0.39 is 11.8 Å². The van der Waals surface area contributed by atoms with Crippen LogP contribution in [0.1, 0.15) is 44.6 Å². The van der Waals surface area contributed by atoms with Crippen molar-refractivity contribution in [2.45, 2.75) is 63.6 Å². The molecule has 2 unspecified atom stereocenters. The lowest BCUT2D eigenvalue weighted by atomic mass is 10.00. The molecule has 1 aromatic carbocycles. The summed E-state index contributed by atoms with van der Waals surface area (Å²) in [5, 5.41) is 12.6. The lowest BCUT2D eigenvalue weighted by Crippen LogP contribution is -2.51. The molecule has 5 heteroatoms. The molecule has 2 amide bonds. The van der Waals surface area contributed by atoms with Crippen molar-refractivity contribution in [2.24, 2.45) is 0 Å². The van der Waals surface area contributed by atoms with E-state index in [9.17, 15) is 14.7 Å². The summed E-state index contributed by atoms with van der Waals surface area (Å²) in [5.41, 5.74) is 1.77. The van der Waals surface area contributed by atoms with E-state index in [1.807, 2.05) is 24.3 Å². The number of nitrogens with one attached hydrogen (secondary N) is 1. The molecule has 23 heavy (non-hydrogen) atoms. The summed E-state index contributed by atoms with van der Waals surface area (Å²) in [4.78, 5) is 26.7. The Morgan fingerprint density at radius 3 is 2.52 bits per heavy atom. The van der Waals surface area contributed by atoms with Crippen LogP contribution >= 0.6 is 0 Å². The molecule has 2 atom stereocenters. The molecular formula is C18H24N2O3. The number of fused-ring (bicyclic) bond motifs is 2. The van der Waals surface area contributed by atoms with Gasteiger partial charge in [0.05, 0.1) is 6.10 Å². The van der Waals surface area contributed by atoms with E-state index in [1.54, 1.807) is 4.90 Å². The van der Waals surface area contributed by atoms with Gasteiger partial charge in [0, 0.05) is 17.8 Å². The standard InChI is InChI=1S/C18H24N2O3/c1-2-5-12-6-3-4-7-16(12)19-17(22)18(23)20-13-8-9-14(20)11-15(21)10-13/h3-4,6-7,13-15,21H,2,5,8-11H2,1H3,(H,19,22). The third-order valence-corrected chi connectivity index (χ3v) is 4.92. The minimum Gasteiger partial charge on any atom is -0.393 e. The summed E-state index contributed by atoms with van der Waals surface area (Å²) in [6.07, 6.45) is 4.44. The number of hydrogen-bond acceptors (Lipinski definition) is 3. The van der Waals surface area contributed by atoms with E-state index in [1.165, 1.54) is 0 Å². The van der Waals surface area contributed by atoms with E-state index in [0.29, 0.717) is 12.8 Å². The molecule has 2 aliphatic rings. The Hall–Kier alpha value is -1.88. The summed E-state index contributed by atoms with van der Waals surface area (Å²) in [5.74, 6) is -1.03. The number of carbonyl (C=O) groups is 2. The maximum absolute atomic E-state index is 12.6. The van der Waals surface area contributed by atoms with Crippen LogP contribution in [0.25, 0.3) is 0 Å². The molecule has 3 rings (SSSR count). The van der Waals surface area contributed by atoms with E-state index >= 15 is 0 Å². The molecule has 2 fully saturated rings. The second kappa shape index (κ2) is 6.71. The average Bonchev–Trinajstić information content (AvgIpc) is 2.80. The normalized spacial score (nSPS) is 26.2. The van der Waals surface area contributed by atoms with Crippen LogP contribution in [0.3, 0.4) is 0 Å². The van der Waals surface area contributed by atoms with Gasteiger partial charge in [-0.05, 0) is 43.7 Å². The maximum atomic E-state index is 12.6. The van der Waals surface area contributed by atoms with E-state index in [-0.39, 0.29) is 18.2 Å².